The molecule has 0 heterocycles. The first-order valence-electron chi connectivity index (χ1n) is 13.8. The van der Waals surface area contributed by atoms with Crippen LogP contribution < -0.4 is 4.74 Å². The lowest BCUT2D eigenvalue weighted by Gasteiger charge is -2.19. The number of aromatic hydroxyl groups is 2. The fourth-order valence-corrected chi connectivity index (χ4v) is 4.92. The van der Waals surface area contributed by atoms with Gasteiger partial charge in [-0.3, -0.25) is 0 Å². The largest absolute Gasteiger partial charge is 0.508 e. The van der Waals surface area contributed by atoms with Crippen molar-refractivity contribution in [3.63, 3.8) is 0 Å². The highest BCUT2D eigenvalue weighted by Gasteiger charge is 2.17. The first-order valence-corrected chi connectivity index (χ1v) is 13.8. The van der Waals surface area contributed by atoms with E-state index in [4.69, 9.17) is 4.74 Å². The Labute approximate surface area is 227 Å². The van der Waals surface area contributed by atoms with Gasteiger partial charge in [-0.25, -0.2) is 0 Å². The molecule has 0 aliphatic heterocycles. The van der Waals surface area contributed by atoms with Crippen molar-refractivity contribution in [1.82, 2.24) is 0 Å². The Hall–Kier alpha value is -3.72. The quantitative estimate of drug-likeness (QED) is 0.188. The summed E-state index contributed by atoms with van der Waals surface area (Å²) in [5.41, 5.74) is 5.60. The molecule has 0 fully saturated rings. The van der Waals surface area contributed by atoms with Crippen molar-refractivity contribution in [2.24, 2.45) is 11.8 Å². The average molecular weight is 509 g/mol. The van der Waals surface area contributed by atoms with Gasteiger partial charge in [-0.1, -0.05) is 101 Å². The van der Waals surface area contributed by atoms with Crippen molar-refractivity contribution in [3.05, 3.63) is 114 Å². The topological polar surface area (TPSA) is 49.7 Å². The third-order valence-electron chi connectivity index (χ3n) is 7.24. The molecule has 1 atom stereocenters. The van der Waals surface area contributed by atoms with Gasteiger partial charge >= 0.3 is 0 Å². The molecule has 0 amide bonds. The SMILES string of the molecule is CC(C)CCCC(C)CCOc1ccc(-c2ccc(C(c3ccc(O)cc3)c3ccc(O)cc3)cc2)cc1. The summed E-state index contributed by atoms with van der Waals surface area (Å²) in [5, 5.41) is 19.6. The molecule has 0 aromatic heterocycles. The van der Waals surface area contributed by atoms with Crippen LogP contribution in [0.1, 0.15) is 69.1 Å². The third kappa shape index (κ3) is 7.64. The van der Waals surface area contributed by atoms with E-state index in [1.54, 1.807) is 24.3 Å². The van der Waals surface area contributed by atoms with E-state index in [9.17, 15) is 10.2 Å². The third-order valence-corrected chi connectivity index (χ3v) is 7.24. The molecular weight excluding hydrogens is 468 g/mol. The van der Waals surface area contributed by atoms with Crippen LogP contribution in [0.2, 0.25) is 0 Å². The first kappa shape index (κ1) is 27.3. The monoisotopic (exact) mass is 508 g/mol. The van der Waals surface area contributed by atoms with E-state index in [2.05, 4.69) is 69.3 Å². The van der Waals surface area contributed by atoms with Gasteiger partial charge in [-0.15, -0.1) is 0 Å². The van der Waals surface area contributed by atoms with Crippen LogP contribution in [0.25, 0.3) is 11.1 Å². The Balaban J connectivity index is 1.41. The summed E-state index contributed by atoms with van der Waals surface area (Å²) in [4.78, 5) is 0. The number of phenolic OH excluding ortho intramolecular Hbond substituents is 2. The highest BCUT2D eigenvalue weighted by molar-refractivity contribution is 5.65. The predicted molar refractivity (Wildman–Crippen MR) is 157 cm³/mol. The fraction of sp³-hybridized carbons (Fsp3) is 0.314. The summed E-state index contributed by atoms with van der Waals surface area (Å²) in [5.74, 6) is 2.88. The standard InChI is InChI=1S/C35H40O3/c1-25(2)5-4-6-26(3)23-24-38-34-21-15-28(16-22-34)27-7-9-29(10-8-27)35(30-11-17-32(36)18-12-30)31-13-19-33(37)20-14-31/h7-22,25-26,35-37H,4-6,23-24H2,1-3H3. The average Bonchev–Trinajstić information content (AvgIpc) is 2.92. The number of phenols is 2. The van der Waals surface area contributed by atoms with Crippen LogP contribution in [0.15, 0.2) is 97.1 Å². The number of hydrogen-bond donors (Lipinski definition) is 2. The number of benzene rings is 4. The maximum Gasteiger partial charge on any atom is 0.119 e. The number of rotatable bonds is 12. The lowest BCUT2D eigenvalue weighted by Crippen LogP contribution is -2.04. The lowest BCUT2D eigenvalue weighted by molar-refractivity contribution is 0.276. The van der Waals surface area contributed by atoms with Crippen molar-refractivity contribution < 1.29 is 14.9 Å². The second-order valence-corrected chi connectivity index (χ2v) is 10.8. The van der Waals surface area contributed by atoms with Crippen molar-refractivity contribution in [2.75, 3.05) is 6.61 Å². The molecule has 0 saturated carbocycles. The van der Waals surface area contributed by atoms with Crippen LogP contribution in [0.4, 0.5) is 0 Å². The van der Waals surface area contributed by atoms with Crippen LogP contribution in [-0.2, 0) is 0 Å². The second kappa shape index (κ2) is 13.2. The minimum Gasteiger partial charge on any atom is -0.508 e. The van der Waals surface area contributed by atoms with Crippen LogP contribution in [0, 0.1) is 11.8 Å². The van der Waals surface area contributed by atoms with E-state index in [-0.39, 0.29) is 17.4 Å². The maximum absolute atomic E-state index is 9.78. The normalized spacial score (nSPS) is 12.1. The molecule has 4 aromatic rings. The van der Waals surface area contributed by atoms with E-state index in [1.165, 1.54) is 19.3 Å². The molecule has 2 N–H and O–H groups in total. The molecular formula is C35H40O3. The van der Waals surface area contributed by atoms with Crippen molar-refractivity contribution in [3.8, 4) is 28.4 Å². The zero-order chi connectivity index (χ0) is 26.9. The Morgan fingerprint density at radius 3 is 1.47 bits per heavy atom. The molecule has 0 aliphatic rings. The van der Waals surface area contributed by atoms with Gasteiger partial charge < -0.3 is 14.9 Å². The highest BCUT2D eigenvalue weighted by Crippen LogP contribution is 2.35. The molecule has 3 heteroatoms. The summed E-state index contributed by atoms with van der Waals surface area (Å²) >= 11 is 0. The van der Waals surface area contributed by atoms with Gasteiger partial charge in [0.25, 0.3) is 0 Å². The number of ether oxygens (including phenoxy) is 1. The van der Waals surface area contributed by atoms with Crippen molar-refractivity contribution in [2.45, 2.75) is 52.4 Å². The minimum absolute atomic E-state index is 0.00575. The minimum atomic E-state index is -0.00575. The second-order valence-electron chi connectivity index (χ2n) is 10.8. The molecule has 0 saturated heterocycles. The fourth-order valence-electron chi connectivity index (χ4n) is 4.92. The van der Waals surface area contributed by atoms with E-state index < -0.39 is 0 Å². The molecule has 0 radical (unpaired) electrons. The molecule has 0 aliphatic carbocycles. The van der Waals surface area contributed by atoms with Gasteiger partial charge in [0, 0.05) is 5.92 Å². The summed E-state index contributed by atoms with van der Waals surface area (Å²) < 4.78 is 6.02. The van der Waals surface area contributed by atoms with Crippen LogP contribution >= 0.6 is 0 Å². The summed E-state index contributed by atoms with van der Waals surface area (Å²) in [6, 6.07) is 31.6. The zero-order valence-electron chi connectivity index (χ0n) is 22.8. The molecule has 4 rings (SSSR count). The first-order chi connectivity index (χ1) is 18.4. The van der Waals surface area contributed by atoms with Crippen LogP contribution in [0.5, 0.6) is 17.2 Å². The van der Waals surface area contributed by atoms with Gasteiger partial charge in [0.2, 0.25) is 0 Å². The molecule has 1 unspecified atom stereocenters. The highest BCUT2D eigenvalue weighted by atomic mass is 16.5. The molecule has 3 nitrogen and oxygen atoms in total. The summed E-state index contributed by atoms with van der Waals surface area (Å²) in [6.45, 7) is 7.66. The Morgan fingerprint density at radius 2 is 1.00 bits per heavy atom. The molecule has 0 spiro atoms. The molecule has 4 aromatic carbocycles. The predicted octanol–water partition coefficient (Wildman–Crippen LogP) is 9.18. The zero-order valence-corrected chi connectivity index (χ0v) is 22.8. The molecule has 0 bridgehead atoms. The Bertz CT molecular complexity index is 1200. The number of hydrogen-bond acceptors (Lipinski definition) is 3. The van der Waals surface area contributed by atoms with E-state index in [1.807, 2.05) is 24.3 Å². The molecule has 198 valence electrons. The smallest absolute Gasteiger partial charge is 0.119 e. The Kier molecular flexibility index (Phi) is 9.48. The van der Waals surface area contributed by atoms with Gasteiger partial charge in [-0.2, -0.15) is 0 Å². The van der Waals surface area contributed by atoms with Crippen molar-refractivity contribution in [1.29, 1.82) is 0 Å². The summed E-state index contributed by atoms with van der Waals surface area (Å²) in [7, 11) is 0. The van der Waals surface area contributed by atoms with Crippen LogP contribution in [0.3, 0.4) is 0 Å². The Morgan fingerprint density at radius 1 is 0.553 bits per heavy atom. The van der Waals surface area contributed by atoms with Gasteiger partial charge in [0.1, 0.15) is 17.2 Å². The van der Waals surface area contributed by atoms with Gasteiger partial charge in [0.05, 0.1) is 6.61 Å². The summed E-state index contributed by atoms with van der Waals surface area (Å²) in [6.07, 6.45) is 4.97. The van der Waals surface area contributed by atoms with Gasteiger partial charge in [0.15, 0.2) is 0 Å². The maximum atomic E-state index is 9.78. The van der Waals surface area contributed by atoms with Crippen LogP contribution in [-0.4, -0.2) is 16.8 Å². The lowest BCUT2D eigenvalue weighted by atomic mass is 9.84. The van der Waals surface area contributed by atoms with Gasteiger partial charge in [-0.05, 0) is 82.5 Å². The van der Waals surface area contributed by atoms with Crippen molar-refractivity contribution >= 4 is 0 Å². The molecule has 38 heavy (non-hydrogen) atoms. The van der Waals surface area contributed by atoms with E-state index in [0.717, 1.165) is 52.5 Å². The van der Waals surface area contributed by atoms with E-state index in [0.29, 0.717) is 5.92 Å². The van der Waals surface area contributed by atoms with E-state index >= 15 is 0 Å².